The van der Waals surface area contributed by atoms with Gasteiger partial charge in [-0.1, -0.05) is 30.3 Å². The van der Waals surface area contributed by atoms with Crippen LogP contribution in [-0.2, 0) is 9.53 Å². The van der Waals surface area contributed by atoms with E-state index in [-0.39, 0.29) is 28.9 Å². The number of imidazole rings is 1. The van der Waals surface area contributed by atoms with Gasteiger partial charge in [-0.2, -0.15) is 18.3 Å². The molecule has 1 aliphatic rings. The zero-order chi connectivity index (χ0) is 24.4. The van der Waals surface area contributed by atoms with E-state index in [2.05, 4.69) is 20.1 Å². The first-order valence-corrected chi connectivity index (χ1v) is 10.9. The van der Waals surface area contributed by atoms with Crippen LogP contribution < -0.4 is 4.74 Å². The Hall–Kier alpha value is -3.99. The summed E-state index contributed by atoms with van der Waals surface area (Å²) in [6.45, 7) is 1.21. The largest absolute Gasteiger partial charge is 0.491 e. The molecule has 35 heavy (non-hydrogen) atoms. The van der Waals surface area contributed by atoms with Gasteiger partial charge >= 0.3 is 12.1 Å². The van der Waals surface area contributed by atoms with Crippen molar-refractivity contribution in [1.29, 1.82) is 0 Å². The molecule has 4 aromatic rings. The van der Waals surface area contributed by atoms with Crippen molar-refractivity contribution in [2.45, 2.75) is 25.1 Å². The molecule has 1 saturated heterocycles. The molecule has 4 heterocycles. The van der Waals surface area contributed by atoms with Gasteiger partial charge in [-0.05, 0) is 24.5 Å². The fourth-order valence-electron chi connectivity index (χ4n) is 3.93. The van der Waals surface area contributed by atoms with Crippen LogP contribution in [0.25, 0.3) is 33.9 Å². The lowest BCUT2D eigenvalue weighted by Gasteiger charge is -2.22. The molecule has 1 aromatic carbocycles. The number of pyridine rings is 1. The fourth-order valence-corrected chi connectivity index (χ4v) is 3.93. The van der Waals surface area contributed by atoms with Crippen LogP contribution in [0.5, 0.6) is 5.75 Å². The number of aromatic amines is 1. The first kappa shape index (κ1) is 22.8. The molecule has 0 amide bonds. The number of aromatic nitrogens is 5. The number of ether oxygens (including phenoxy) is 2. The second kappa shape index (κ2) is 9.34. The maximum Gasteiger partial charge on any atom is 0.491 e. The van der Waals surface area contributed by atoms with E-state index in [1.165, 1.54) is 24.7 Å². The van der Waals surface area contributed by atoms with Crippen molar-refractivity contribution >= 4 is 5.97 Å². The molecule has 0 radical (unpaired) electrons. The predicted molar refractivity (Wildman–Crippen MR) is 119 cm³/mol. The van der Waals surface area contributed by atoms with Gasteiger partial charge in [0, 0.05) is 36.7 Å². The van der Waals surface area contributed by atoms with Gasteiger partial charge in [0.1, 0.15) is 5.69 Å². The van der Waals surface area contributed by atoms with Crippen LogP contribution in [0.3, 0.4) is 0 Å². The summed E-state index contributed by atoms with van der Waals surface area (Å²) in [4.78, 5) is 23.4. The van der Waals surface area contributed by atoms with Crippen molar-refractivity contribution in [1.82, 2.24) is 24.7 Å². The Kier molecular flexibility index (Phi) is 6.08. The Balaban J connectivity index is 1.57. The Morgan fingerprint density at radius 1 is 1.06 bits per heavy atom. The molecule has 0 bridgehead atoms. The van der Waals surface area contributed by atoms with Gasteiger partial charge in [0.2, 0.25) is 0 Å². The van der Waals surface area contributed by atoms with E-state index >= 15 is 0 Å². The number of carbonyl (C=O) groups is 1. The summed E-state index contributed by atoms with van der Waals surface area (Å²) in [5.41, 5.74) is 2.16. The number of hydrogen-bond donors (Lipinski definition) is 1. The highest BCUT2D eigenvalue weighted by molar-refractivity contribution is 5.85. The van der Waals surface area contributed by atoms with E-state index in [0.717, 1.165) is 18.4 Å². The van der Waals surface area contributed by atoms with Crippen LogP contribution >= 0.6 is 0 Å². The average Bonchev–Trinajstić information content (AvgIpc) is 3.55. The number of esters is 1. The zero-order valence-corrected chi connectivity index (χ0v) is 18.3. The summed E-state index contributed by atoms with van der Waals surface area (Å²) < 4.78 is 51.4. The Morgan fingerprint density at radius 3 is 2.57 bits per heavy atom. The van der Waals surface area contributed by atoms with Crippen molar-refractivity contribution in [2.24, 2.45) is 0 Å². The second-order valence-corrected chi connectivity index (χ2v) is 7.99. The number of benzene rings is 1. The van der Waals surface area contributed by atoms with Crippen molar-refractivity contribution in [3.05, 3.63) is 61.2 Å². The molecule has 1 fully saturated rings. The minimum absolute atomic E-state index is 0.0268. The molecule has 3 aromatic heterocycles. The number of hydrogen-bond acceptors (Lipinski definition) is 6. The average molecular weight is 483 g/mol. The number of nitrogens with one attached hydrogen (secondary N) is 1. The maximum atomic E-state index is 13.1. The summed E-state index contributed by atoms with van der Waals surface area (Å²) >= 11 is 0. The molecule has 11 heteroatoms. The van der Waals surface area contributed by atoms with Crippen molar-refractivity contribution in [2.75, 3.05) is 13.2 Å². The summed E-state index contributed by atoms with van der Waals surface area (Å²) in [5.74, 6) is -2.54. The smallest absolute Gasteiger partial charge is 0.417 e. The molecule has 0 aliphatic carbocycles. The van der Waals surface area contributed by atoms with Gasteiger partial charge in [-0.3, -0.25) is 4.68 Å². The highest BCUT2D eigenvalue weighted by Crippen LogP contribution is 2.38. The molecular formula is C24H20F3N5O3. The van der Waals surface area contributed by atoms with E-state index in [1.807, 2.05) is 30.3 Å². The normalized spacial score (nSPS) is 14.7. The maximum absolute atomic E-state index is 13.1. The Morgan fingerprint density at radius 2 is 1.83 bits per heavy atom. The fraction of sp³-hybridized carbons (Fsp3) is 0.250. The van der Waals surface area contributed by atoms with Gasteiger partial charge in [0.05, 0.1) is 24.1 Å². The van der Waals surface area contributed by atoms with E-state index in [9.17, 15) is 18.0 Å². The SMILES string of the molecule is O=C(Oc1c(-c2cnn(C3CCOCC3)c2)ccnc1-c1ncc(-c2ccccc2)[nH]1)C(F)(F)F. The first-order valence-electron chi connectivity index (χ1n) is 10.9. The lowest BCUT2D eigenvalue weighted by Crippen LogP contribution is -2.28. The highest BCUT2D eigenvalue weighted by Gasteiger charge is 2.42. The molecule has 0 spiro atoms. The van der Waals surface area contributed by atoms with Crippen molar-refractivity contribution in [3.63, 3.8) is 0 Å². The van der Waals surface area contributed by atoms with Crippen molar-refractivity contribution in [3.8, 4) is 39.7 Å². The predicted octanol–water partition coefficient (Wildman–Crippen LogP) is 4.82. The number of carbonyl (C=O) groups excluding carboxylic acids is 1. The topological polar surface area (TPSA) is 94.9 Å². The molecule has 1 N–H and O–H groups in total. The highest BCUT2D eigenvalue weighted by atomic mass is 19.4. The van der Waals surface area contributed by atoms with Crippen LogP contribution in [0.2, 0.25) is 0 Å². The third-order valence-corrected chi connectivity index (χ3v) is 5.69. The minimum Gasteiger partial charge on any atom is -0.417 e. The Labute approximate surface area is 197 Å². The number of alkyl halides is 3. The van der Waals surface area contributed by atoms with Crippen LogP contribution in [0, 0.1) is 0 Å². The summed E-state index contributed by atoms with van der Waals surface area (Å²) in [5, 5.41) is 4.39. The van der Waals surface area contributed by atoms with E-state index < -0.39 is 12.1 Å². The van der Waals surface area contributed by atoms with E-state index in [0.29, 0.717) is 24.5 Å². The lowest BCUT2D eigenvalue weighted by molar-refractivity contribution is -0.189. The van der Waals surface area contributed by atoms with Crippen molar-refractivity contribution < 1.29 is 27.4 Å². The third kappa shape index (κ3) is 4.80. The number of halogens is 3. The Bertz CT molecular complexity index is 1330. The van der Waals surface area contributed by atoms with Gasteiger partial charge in [-0.25, -0.2) is 14.8 Å². The zero-order valence-electron chi connectivity index (χ0n) is 18.3. The van der Waals surface area contributed by atoms with Crippen LogP contribution in [0.4, 0.5) is 13.2 Å². The number of rotatable bonds is 5. The number of H-pyrrole nitrogens is 1. The van der Waals surface area contributed by atoms with E-state index in [4.69, 9.17) is 9.47 Å². The molecule has 0 atom stereocenters. The monoisotopic (exact) mass is 483 g/mol. The standard InChI is InChI=1S/C24H20F3N5O3/c25-24(26,27)23(33)35-21-18(16-12-30-32(14-16)17-7-10-34-11-8-17)6-9-28-20(21)22-29-13-19(31-22)15-4-2-1-3-5-15/h1-6,9,12-14,17H,7-8,10-11H2,(H,29,31). The summed E-state index contributed by atoms with van der Waals surface area (Å²) in [6, 6.07) is 10.9. The van der Waals surface area contributed by atoms with Gasteiger partial charge < -0.3 is 14.5 Å². The minimum atomic E-state index is -5.19. The quantitative estimate of drug-likeness (QED) is 0.409. The molecule has 0 unspecified atom stereocenters. The van der Waals surface area contributed by atoms with Crippen LogP contribution in [-0.4, -0.2) is 50.1 Å². The molecule has 1 aliphatic heterocycles. The second-order valence-electron chi connectivity index (χ2n) is 7.99. The summed E-state index contributed by atoms with van der Waals surface area (Å²) in [7, 11) is 0. The summed E-state index contributed by atoms with van der Waals surface area (Å²) in [6.07, 6.45) is 2.56. The van der Waals surface area contributed by atoms with E-state index in [1.54, 1.807) is 10.9 Å². The number of nitrogens with zero attached hydrogens (tertiary/aromatic N) is 4. The molecule has 180 valence electrons. The van der Waals surface area contributed by atoms with Crippen LogP contribution in [0.1, 0.15) is 18.9 Å². The molecular weight excluding hydrogens is 463 g/mol. The third-order valence-electron chi connectivity index (χ3n) is 5.69. The molecule has 0 saturated carbocycles. The molecule has 5 rings (SSSR count). The first-order chi connectivity index (χ1) is 16.9. The van der Waals surface area contributed by atoms with Gasteiger partial charge in [0.25, 0.3) is 0 Å². The van der Waals surface area contributed by atoms with Crippen LogP contribution in [0.15, 0.2) is 61.2 Å². The van der Waals surface area contributed by atoms with Gasteiger partial charge in [0.15, 0.2) is 11.6 Å². The lowest BCUT2D eigenvalue weighted by atomic mass is 10.1. The van der Waals surface area contributed by atoms with Gasteiger partial charge in [-0.15, -0.1) is 0 Å². The molecule has 8 nitrogen and oxygen atoms in total.